The first-order chi connectivity index (χ1) is 12.1. The van der Waals surface area contributed by atoms with Gasteiger partial charge in [0, 0.05) is 25.3 Å². The van der Waals surface area contributed by atoms with Crippen molar-refractivity contribution < 1.29 is 22.4 Å². The van der Waals surface area contributed by atoms with E-state index in [1.807, 2.05) is 0 Å². The Balaban J connectivity index is 2.24. The van der Waals surface area contributed by atoms with E-state index in [-0.39, 0.29) is 12.0 Å². The predicted molar refractivity (Wildman–Crippen MR) is 94.6 cm³/mol. The van der Waals surface area contributed by atoms with Gasteiger partial charge in [-0.25, -0.2) is 17.1 Å². The number of carbonyl (C=O) groups is 2. The van der Waals surface area contributed by atoms with Crippen LogP contribution in [0.1, 0.15) is 15.9 Å². The number of hydrogen-bond donors (Lipinski definition) is 2. The summed E-state index contributed by atoms with van der Waals surface area (Å²) in [6.45, 7) is 0. The van der Waals surface area contributed by atoms with Gasteiger partial charge >= 0.3 is 0 Å². The highest BCUT2D eigenvalue weighted by Crippen LogP contribution is 2.20. The Morgan fingerprint density at radius 3 is 2.27 bits per heavy atom. The number of nitrogens with two attached hydrogens (primary N) is 1. The van der Waals surface area contributed by atoms with Crippen LogP contribution in [0.25, 0.3) is 0 Å². The van der Waals surface area contributed by atoms with Gasteiger partial charge in [0.15, 0.2) is 0 Å². The van der Waals surface area contributed by atoms with Crippen LogP contribution in [-0.2, 0) is 21.2 Å². The number of amides is 2. The van der Waals surface area contributed by atoms with Crippen molar-refractivity contribution in [2.75, 3.05) is 19.4 Å². The first-order valence-corrected chi connectivity index (χ1v) is 8.96. The van der Waals surface area contributed by atoms with E-state index in [2.05, 4.69) is 5.32 Å². The third-order valence-corrected chi connectivity index (χ3v) is 5.37. The van der Waals surface area contributed by atoms with E-state index in [9.17, 15) is 22.4 Å². The molecule has 26 heavy (non-hydrogen) atoms. The molecule has 2 rings (SSSR count). The second-order valence-corrected chi connectivity index (χ2v) is 7.85. The van der Waals surface area contributed by atoms with Crippen LogP contribution in [0.5, 0.6) is 0 Å². The van der Waals surface area contributed by atoms with E-state index in [0.29, 0.717) is 11.3 Å². The number of primary amides is 1. The van der Waals surface area contributed by atoms with Gasteiger partial charge in [0.1, 0.15) is 10.7 Å². The Bertz CT molecular complexity index is 941. The van der Waals surface area contributed by atoms with E-state index >= 15 is 0 Å². The minimum atomic E-state index is -4.02. The van der Waals surface area contributed by atoms with Gasteiger partial charge in [0.2, 0.25) is 15.9 Å². The average molecular weight is 379 g/mol. The lowest BCUT2D eigenvalue weighted by atomic mass is 10.1. The smallest absolute Gasteiger partial charge is 0.255 e. The molecule has 2 aromatic rings. The maximum Gasteiger partial charge on any atom is 0.255 e. The van der Waals surface area contributed by atoms with Crippen molar-refractivity contribution in [3.63, 3.8) is 0 Å². The van der Waals surface area contributed by atoms with Crippen molar-refractivity contribution in [1.29, 1.82) is 0 Å². The predicted octanol–water partition coefficient (Wildman–Crippen LogP) is 1.36. The van der Waals surface area contributed by atoms with Crippen molar-refractivity contribution in [2.45, 2.75) is 11.3 Å². The Hall–Kier alpha value is -2.78. The molecular weight excluding hydrogens is 361 g/mol. The van der Waals surface area contributed by atoms with Gasteiger partial charge in [0.05, 0.1) is 6.42 Å². The molecule has 9 heteroatoms. The fourth-order valence-corrected chi connectivity index (χ4v) is 3.13. The van der Waals surface area contributed by atoms with Gasteiger partial charge in [0.25, 0.3) is 5.91 Å². The van der Waals surface area contributed by atoms with Crippen molar-refractivity contribution in [3.05, 3.63) is 59.4 Å². The zero-order valence-electron chi connectivity index (χ0n) is 14.2. The third kappa shape index (κ3) is 4.44. The molecule has 0 unspecified atom stereocenters. The molecule has 2 amide bonds. The zero-order chi connectivity index (χ0) is 19.5. The lowest BCUT2D eigenvalue weighted by Gasteiger charge is -2.13. The molecule has 0 aliphatic rings. The SMILES string of the molecule is CN(C)S(=O)(=O)c1cc(C(=O)Nc2ccc(CC(N)=O)cc2)ccc1F. The molecule has 0 bridgehead atoms. The molecule has 0 heterocycles. The highest BCUT2D eigenvalue weighted by atomic mass is 32.2. The molecule has 0 aromatic heterocycles. The monoisotopic (exact) mass is 379 g/mol. The average Bonchev–Trinajstić information content (AvgIpc) is 2.56. The molecule has 0 radical (unpaired) electrons. The number of carbonyl (C=O) groups excluding carboxylic acids is 2. The molecular formula is C17H18FN3O4S. The van der Waals surface area contributed by atoms with Crippen LogP contribution in [0.15, 0.2) is 47.4 Å². The second-order valence-electron chi connectivity index (χ2n) is 5.73. The molecule has 0 aliphatic heterocycles. The fraction of sp³-hybridized carbons (Fsp3) is 0.176. The van der Waals surface area contributed by atoms with E-state index in [1.54, 1.807) is 24.3 Å². The summed E-state index contributed by atoms with van der Waals surface area (Å²) in [6.07, 6.45) is 0.0813. The van der Waals surface area contributed by atoms with Crippen LogP contribution in [0.4, 0.5) is 10.1 Å². The number of rotatable bonds is 6. The number of nitrogens with one attached hydrogen (secondary N) is 1. The van der Waals surface area contributed by atoms with Crippen molar-refractivity contribution in [2.24, 2.45) is 5.73 Å². The van der Waals surface area contributed by atoms with Gasteiger partial charge < -0.3 is 11.1 Å². The Morgan fingerprint density at radius 1 is 1.12 bits per heavy atom. The highest BCUT2D eigenvalue weighted by Gasteiger charge is 2.23. The van der Waals surface area contributed by atoms with Crippen LogP contribution in [-0.4, -0.2) is 38.6 Å². The lowest BCUT2D eigenvalue weighted by molar-refractivity contribution is -0.117. The number of anilines is 1. The molecule has 3 N–H and O–H groups in total. The summed E-state index contributed by atoms with van der Waals surface area (Å²) in [7, 11) is -1.47. The summed E-state index contributed by atoms with van der Waals surface area (Å²) in [4.78, 5) is 22.6. The quantitative estimate of drug-likeness (QED) is 0.789. The molecule has 0 spiro atoms. The van der Waals surface area contributed by atoms with Crippen molar-refractivity contribution in [3.8, 4) is 0 Å². The standard InChI is InChI=1S/C17H18FN3O4S/c1-21(2)26(24,25)15-10-12(5-8-14(15)18)17(23)20-13-6-3-11(4-7-13)9-16(19)22/h3-8,10H,9H2,1-2H3,(H2,19,22)(H,20,23). The molecule has 0 aliphatic carbocycles. The summed E-state index contributed by atoms with van der Waals surface area (Å²) < 4.78 is 39.0. The summed E-state index contributed by atoms with van der Waals surface area (Å²) in [5, 5.41) is 2.58. The van der Waals surface area contributed by atoms with Crippen molar-refractivity contribution >= 4 is 27.5 Å². The molecule has 0 saturated carbocycles. The first-order valence-electron chi connectivity index (χ1n) is 7.52. The zero-order valence-corrected chi connectivity index (χ0v) is 15.0. The van der Waals surface area contributed by atoms with Gasteiger partial charge in [-0.3, -0.25) is 9.59 Å². The van der Waals surface area contributed by atoms with Gasteiger partial charge in [-0.1, -0.05) is 12.1 Å². The van der Waals surface area contributed by atoms with E-state index in [4.69, 9.17) is 5.73 Å². The Kier molecular flexibility index (Phi) is 5.73. The van der Waals surface area contributed by atoms with Crippen LogP contribution < -0.4 is 11.1 Å². The van der Waals surface area contributed by atoms with E-state index < -0.39 is 32.6 Å². The molecule has 0 atom stereocenters. The van der Waals surface area contributed by atoms with Crippen LogP contribution in [0, 0.1) is 5.82 Å². The molecule has 0 fully saturated rings. The maximum absolute atomic E-state index is 13.9. The van der Waals surface area contributed by atoms with Gasteiger partial charge in [-0.15, -0.1) is 0 Å². The summed E-state index contributed by atoms with van der Waals surface area (Å²) in [5.41, 5.74) is 6.23. The largest absolute Gasteiger partial charge is 0.369 e. The molecule has 7 nitrogen and oxygen atoms in total. The summed E-state index contributed by atoms with van der Waals surface area (Å²) >= 11 is 0. The molecule has 2 aromatic carbocycles. The number of benzene rings is 2. The lowest BCUT2D eigenvalue weighted by Crippen LogP contribution is -2.24. The number of sulfonamides is 1. The number of nitrogens with zero attached hydrogens (tertiary/aromatic N) is 1. The maximum atomic E-state index is 13.9. The third-order valence-electron chi connectivity index (χ3n) is 3.54. The van der Waals surface area contributed by atoms with Gasteiger partial charge in [-0.05, 0) is 35.9 Å². The highest BCUT2D eigenvalue weighted by molar-refractivity contribution is 7.89. The van der Waals surface area contributed by atoms with Gasteiger partial charge in [-0.2, -0.15) is 0 Å². The number of halogens is 1. The summed E-state index contributed by atoms with van der Waals surface area (Å²) in [6, 6.07) is 9.54. The van der Waals surface area contributed by atoms with E-state index in [0.717, 1.165) is 16.4 Å². The van der Waals surface area contributed by atoms with Crippen LogP contribution in [0.3, 0.4) is 0 Å². The summed E-state index contributed by atoms with van der Waals surface area (Å²) in [5.74, 6) is -2.00. The van der Waals surface area contributed by atoms with E-state index in [1.165, 1.54) is 20.2 Å². The number of hydrogen-bond acceptors (Lipinski definition) is 4. The minimum Gasteiger partial charge on any atom is -0.369 e. The topological polar surface area (TPSA) is 110 Å². The minimum absolute atomic E-state index is 0.00645. The molecule has 138 valence electrons. The Labute approximate surface area is 150 Å². The second kappa shape index (κ2) is 7.63. The Morgan fingerprint density at radius 2 is 1.73 bits per heavy atom. The molecule has 0 saturated heterocycles. The normalized spacial score (nSPS) is 11.4. The van der Waals surface area contributed by atoms with Crippen molar-refractivity contribution in [1.82, 2.24) is 4.31 Å². The fourth-order valence-electron chi connectivity index (χ4n) is 2.15. The first kappa shape index (κ1) is 19.5. The van der Waals surface area contributed by atoms with Crippen LogP contribution in [0.2, 0.25) is 0 Å². The van der Waals surface area contributed by atoms with Crippen LogP contribution >= 0.6 is 0 Å².